The van der Waals surface area contributed by atoms with Crippen LogP contribution >= 0.6 is 0 Å². The van der Waals surface area contributed by atoms with Crippen molar-refractivity contribution in [2.75, 3.05) is 13.2 Å². The van der Waals surface area contributed by atoms with Crippen molar-refractivity contribution >= 4 is 0 Å². The highest BCUT2D eigenvalue weighted by atomic mass is 15.2. The van der Waals surface area contributed by atoms with Crippen LogP contribution in [0.2, 0.25) is 0 Å². The van der Waals surface area contributed by atoms with E-state index in [1.807, 2.05) is 0 Å². The molecule has 0 bridgehead atoms. The van der Waals surface area contributed by atoms with Gasteiger partial charge in [-0.15, -0.1) is 4.70 Å². The highest BCUT2D eigenvalue weighted by Crippen LogP contribution is 1.84. The number of nitrogens with two attached hydrogens (primary N) is 1. The van der Waals surface area contributed by atoms with Gasteiger partial charge in [-0.2, -0.15) is 0 Å². The Hall–Kier alpha value is -0.440. The third-order valence-corrected chi connectivity index (χ3v) is 1.00. The predicted octanol–water partition coefficient (Wildman–Crippen LogP) is 0.746. The lowest BCUT2D eigenvalue weighted by atomic mass is 10.3. The fourth-order valence-electron chi connectivity index (χ4n) is 0.440. The van der Waals surface area contributed by atoms with Crippen LogP contribution in [0.5, 0.6) is 0 Å². The summed E-state index contributed by atoms with van der Waals surface area (Å²) in [4.78, 5) is 0. The molecule has 0 saturated carbocycles. The molecule has 0 fully saturated rings. The first kappa shape index (κ1) is 7.56. The molecule has 0 radical (unpaired) electrons. The summed E-state index contributed by atoms with van der Waals surface area (Å²) in [5.74, 6) is 0. The van der Waals surface area contributed by atoms with Crippen molar-refractivity contribution in [2.24, 2.45) is 5.73 Å². The molecule has 3 heteroatoms. The zero-order valence-corrected chi connectivity index (χ0v) is 5.35. The number of nitrogens with zero attached hydrogens (tertiary/aromatic N) is 1. The normalized spacial score (nSPS) is 9.25. The molecular weight excluding hydrogens is 102 g/mol. The molecule has 0 heterocycles. The molecule has 8 heavy (non-hydrogen) atoms. The van der Waals surface area contributed by atoms with Gasteiger partial charge in [0.15, 0.2) is 6.54 Å². The van der Waals surface area contributed by atoms with Gasteiger partial charge in [0.25, 0.3) is 0 Å². The molecule has 0 aliphatic rings. The largest absolute Gasteiger partial charge is 0.274 e. The Balaban J connectivity index is 2.99. The van der Waals surface area contributed by atoms with Crippen molar-refractivity contribution in [1.82, 2.24) is 0 Å². The topological polar surface area (TPSA) is 52.9 Å². The molecule has 0 saturated heterocycles. The molecule has 0 aromatic rings. The fourth-order valence-corrected chi connectivity index (χ4v) is 0.440. The van der Waals surface area contributed by atoms with Crippen LogP contribution in [0.25, 0.3) is 0 Å². The van der Waals surface area contributed by atoms with E-state index in [0.29, 0.717) is 6.67 Å². The van der Waals surface area contributed by atoms with E-state index in [2.05, 4.69) is 6.92 Å². The zero-order chi connectivity index (χ0) is 6.41. The van der Waals surface area contributed by atoms with Crippen LogP contribution in [0, 0.1) is 5.53 Å². The maximum absolute atomic E-state index is 7.03. The zero-order valence-electron chi connectivity index (χ0n) is 5.35. The smallest absolute Gasteiger partial charge is 0.219 e. The Morgan fingerprint density at radius 1 is 1.62 bits per heavy atom. The molecule has 0 unspecified atom stereocenters. The Bertz CT molecular complexity index is 70.1. The Kier molecular flexibility index (Phi) is 4.45. The van der Waals surface area contributed by atoms with Crippen molar-refractivity contribution in [3.05, 3.63) is 0 Å². The second-order valence-electron chi connectivity index (χ2n) is 1.80. The van der Waals surface area contributed by atoms with E-state index in [1.165, 1.54) is 4.70 Å². The number of hydrogen-bond donors (Lipinski definition) is 2. The van der Waals surface area contributed by atoms with E-state index in [0.717, 1.165) is 19.4 Å². The average Bonchev–Trinajstić information content (AvgIpc) is 1.83. The molecule has 0 aliphatic carbocycles. The summed E-state index contributed by atoms with van der Waals surface area (Å²) in [6.45, 7) is 3.25. The van der Waals surface area contributed by atoms with Crippen LogP contribution < -0.4 is 5.73 Å². The van der Waals surface area contributed by atoms with Crippen LogP contribution in [0.3, 0.4) is 0 Å². The second kappa shape index (κ2) is 4.71. The van der Waals surface area contributed by atoms with Gasteiger partial charge in [0.05, 0.1) is 0 Å². The maximum atomic E-state index is 7.03. The molecule has 0 aliphatic heterocycles. The van der Waals surface area contributed by atoms with Gasteiger partial charge in [0.2, 0.25) is 6.67 Å². The van der Waals surface area contributed by atoms with Gasteiger partial charge >= 0.3 is 0 Å². The van der Waals surface area contributed by atoms with Crippen LogP contribution in [0.1, 0.15) is 19.8 Å². The lowest BCUT2D eigenvalue weighted by Crippen LogP contribution is -2.17. The number of hydrogen-bond acceptors (Lipinski definition) is 2. The van der Waals surface area contributed by atoms with Crippen LogP contribution in [-0.2, 0) is 0 Å². The third kappa shape index (κ3) is 3.74. The van der Waals surface area contributed by atoms with Crippen molar-refractivity contribution in [3.8, 4) is 0 Å². The summed E-state index contributed by atoms with van der Waals surface area (Å²) in [5, 5.41) is 0. The molecule has 0 amide bonds. The van der Waals surface area contributed by atoms with Gasteiger partial charge in [-0.05, 0) is 0 Å². The van der Waals surface area contributed by atoms with E-state index in [-0.39, 0.29) is 0 Å². The summed E-state index contributed by atoms with van der Waals surface area (Å²) in [6.07, 6.45) is 2.20. The number of unbranched alkanes of at least 4 members (excludes halogenated alkanes) is 1. The summed E-state index contributed by atoms with van der Waals surface area (Å²) < 4.78 is 1.36. The molecule has 0 atom stereocenters. The van der Waals surface area contributed by atoms with E-state index in [4.69, 9.17) is 11.3 Å². The summed E-state index contributed by atoms with van der Waals surface area (Å²) in [6, 6.07) is 0. The van der Waals surface area contributed by atoms with Gasteiger partial charge in [0.1, 0.15) is 0 Å². The fraction of sp³-hybridized carbons (Fsp3) is 1.00. The van der Waals surface area contributed by atoms with Crippen LogP contribution in [0.15, 0.2) is 0 Å². The quantitative estimate of drug-likeness (QED) is 0.318. The minimum Gasteiger partial charge on any atom is -0.274 e. The average molecular weight is 116 g/mol. The monoisotopic (exact) mass is 116 g/mol. The molecule has 48 valence electrons. The first-order valence-corrected chi connectivity index (χ1v) is 2.97. The molecule has 0 aromatic carbocycles. The summed E-state index contributed by atoms with van der Waals surface area (Å²) >= 11 is 0. The first-order chi connectivity index (χ1) is 3.81. The predicted molar refractivity (Wildman–Crippen MR) is 31.8 cm³/mol. The molecule has 0 rings (SSSR count). The molecule has 3 N–H and O–H groups in total. The van der Waals surface area contributed by atoms with Gasteiger partial charge in [-0.1, -0.05) is 18.9 Å². The minimum atomic E-state index is 0.347. The van der Waals surface area contributed by atoms with E-state index in [9.17, 15) is 0 Å². The van der Waals surface area contributed by atoms with E-state index in [1.54, 1.807) is 0 Å². The molecule has 3 nitrogen and oxygen atoms in total. The second-order valence-corrected chi connectivity index (χ2v) is 1.80. The van der Waals surface area contributed by atoms with E-state index >= 15 is 0 Å². The van der Waals surface area contributed by atoms with Crippen molar-refractivity contribution in [3.63, 3.8) is 0 Å². The van der Waals surface area contributed by atoms with E-state index < -0.39 is 0 Å². The van der Waals surface area contributed by atoms with Crippen molar-refractivity contribution in [1.29, 1.82) is 5.53 Å². The number of rotatable bonds is 4. The summed E-state index contributed by atoms with van der Waals surface area (Å²) in [5.41, 5.74) is 12.2. The third-order valence-electron chi connectivity index (χ3n) is 1.00. The van der Waals surface area contributed by atoms with Crippen LogP contribution in [-0.4, -0.2) is 17.9 Å². The van der Waals surface area contributed by atoms with Gasteiger partial charge in [0, 0.05) is 6.42 Å². The standard InChI is InChI=1S/C5H14N3/c1-2-3-4-8(7)5-6/h7H,2-6H2,1H3/q+1. The lowest BCUT2D eigenvalue weighted by molar-refractivity contribution is -0.614. The minimum absolute atomic E-state index is 0.347. The molecular formula is C5H14N3+. The summed E-state index contributed by atoms with van der Waals surface area (Å²) in [7, 11) is 0. The molecule has 0 aromatic heterocycles. The van der Waals surface area contributed by atoms with Crippen molar-refractivity contribution < 1.29 is 4.70 Å². The number of nitrogens with one attached hydrogen (secondary N) is 1. The SMILES string of the molecule is CCCC[N+](=N)CN. The first-order valence-electron chi connectivity index (χ1n) is 2.97. The Labute approximate surface area is 50.0 Å². The van der Waals surface area contributed by atoms with Gasteiger partial charge < -0.3 is 0 Å². The maximum Gasteiger partial charge on any atom is 0.219 e. The Morgan fingerprint density at radius 3 is 2.62 bits per heavy atom. The van der Waals surface area contributed by atoms with Gasteiger partial charge in [-0.25, -0.2) is 0 Å². The van der Waals surface area contributed by atoms with Crippen molar-refractivity contribution in [2.45, 2.75) is 19.8 Å². The lowest BCUT2D eigenvalue weighted by Gasteiger charge is -1.90. The highest BCUT2D eigenvalue weighted by molar-refractivity contribution is 4.25. The molecule has 0 spiro atoms. The highest BCUT2D eigenvalue weighted by Gasteiger charge is 1.94. The Morgan fingerprint density at radius 2 is 2.25 bits per heavy atom. The van der Waals surface area contributed by atoms with Crippen LogP contribution in [0.4, 0.5) is 0 Å². The van der Waals surface area contributed by atoms with Gasteiger partial charge in [-0.3, -0.25) is 5.73 Å².